The number of hydrogen-bond donors (Lipinski definition) is 1. The molecule has 1 fully saturated rings. The summed E-state index contributed by atoms with van der Waals surface area (Å²) < 4.78 is 5.60. The van der Waals surface area contributed by atoms with Gasteiger partial charge >= 0.3 is 0 Å². The Morgan fingerprint density at radius 1 is 1.27 bits per heavy atom. The maximum absolute atomic E-state index is 10.9. The van der Waals surface area contributed by atoms with Gasteiger partial charge in [0.15, 0.2) is 0 Å². The zero-order valence-electron chi connectivity index (χ0n) is 14.2. The molecule has 0 saturated heterocycles. The molecule has 4 heteroatoms. The van der Waals surface area contributed by atoms with Gasteiger partial charge in [0.1, 0.15) is 9.36 Å². The van der Waals surface area contributed by atoms with Gasteiger partial charge in [-0.2, -0.15) is 0 Å². The van der Waals surface area contributed by atoms with E-state index in [1.807, 2.05) is 12.1 Å². The summed E-state index contributed by atoms with van der Waals surface area (Å²) in [6.45, 7) is 1.03. The minimum Gasteiger partial charge on any atom is -0.497 e. The number of likely N-dealkylation sites (N-methyl/N-ethyl adjacent to an activating group) is 1. The van der Waals surface area contributed by atoms with E-state index >= 15 is 0 Å². The van der Waals surface area contributed by atoms with Crippen LogP contribution in [0.15, 0.2) is 24.3 Å². The quantitative estimate of drug-likeness (QED) is 0.448. The van der Waals surface area contributed by atoms with E-state index in [-0.39, 0.29) is 0 Å². The lowest BCUT2D eigenvalue weighted by Gasteiger charge is -2.42. The van der Waals surface area contributed by atoms with Crippen LogP contribution in [-0.4, -0.2) is 48.0 Å². The Morgan fingerprint density at radius 2 is 1.91 bits per heavy atom. The molecule has 0 heterocycles. The Hall–Kier alpha value is -0.330. The maximum Gasteiger partial charge on any atom is 0.119 e. The van der Waals surface area contributed by atoms with Gasteiger partial charge < -0.3 is 14.3 Å². The van der Waals surface area contributed by atoms with Crippen LogP contribution in [0, 0.1) is 5.92 Å². The second-order valence-electron chi connectivity index (χ2n) is 7.52. The Labute approximate surface area is 148 Å². The monoisotopic (exact) mass is 418 g/mol. The average molecular weight is 418 g/mol. The lowest BCUT2D eigenvalue weighted by atomic mass is 9.74. The lowest BCUT2D eigenvalue weighted by molar-refractivity contribution is -0.872. The number of nitrogens with zero attached hydrogens (tertiary/aromatic N) is 1. The second-order valence-corrected chi connectivity index (χ2v) is 9.39. The summed E-state index contributed by atoms with van der Waals surface area (Å²) >= 11 is 2.28. The highest BCUT2D eigenvalue weighted by atomic mass is 127. The summed E-state index contributed by atoms with van der Waals surface area (Å²) in [5.41, 5.74) is 1.32. The van der Waals surface area contributed by atoms with Gasteiger partial charge in [0.25, 0.3) is 0 Å². The third-order valence-electron chi connectivity index (χ3n) is 4.63. The van der Waals surface area contributed by atoms with Gasteiger partial charge in [0.2, 0.25) is 0 Å². The first kappa shape index (κ1) is 18.0. The molecule has 1 aliphatic rings. The van der Waals surface area contributed by atoms with Crippen molar-refractivity contribution in [2.24, 2.45) is 5.92 Å². The fourth-order valence-corrected chi connectivity index (χ4v) is 4.69. The van der Waals surface area contributed by atoms with Crippen molar-refractivity contribution in [3.05, 3.63) is 29.8 Å². The molecule has 1 aliphatic carbocycles. The molecular formula is C18H29INO2+. The van der Waals surface area contributed by atoms with E-state index < -0.39 is 3.61 Å². The minimum atomic E-state index is -0.588. The highest BCUT2D eigenvalue weighted by molar-refractivity contribution is 14.1. The van der Waals surface area contributed by atoms with Crippen LogP contribution in [0.5, 0.6) is 5.75 Å². The summed E-state index contributed by atoms with van der Waals surface area (Å²) in [6.07, 6.45) is 4.37. The highest BCUT2D eigenvalue weighted by Gasteiger charge is 2.43. The van der Waals surface area contributed by atoms with Crippen molar-refractivity contribution in [1.82, 2.24) is 0 Å². The number of ether oxygens (including phenoxy) is 1. The molecule has 0 aromatic heterocycles. The smallest absolute Gasteiger partial charge is 0.119 e. The fraction of sp³-hybridized carbons (Fsp3) is 0.667. The van der Waals surface area contributed by atoms with Crippen LogP contribution < -0.4 is 4.74 Å². The van der Waals surface area contributed by atoms with Crippen molar-refractivity contribution >= 4 is 22.6 Å². The van der Waals surface area contributed by atoms with Crippen LogP contribution in [0.2, 0.25) is 0 Å². The van der Waals surface area contributed by atoms with Crippen LogP contribution in [0.25, 0.3) is 0 Å². The normalized spacial score (nSPS) is 27.5. The molecule has 1 saturated carbocycles. The van der Waals surface area contributed by atoms with E-state index in [1.54, 1.807) is 7.11 Å². The number of aliphatic hydroxyl groups is 1. The lowest BCUT2D eigenvalue weighted by Crippen LogP contribution is -2.46. The third kappa shape index (κ3) is 4.59. The van der Waals surface area contributed by atoms with E-state index in [4.69, 9.17) is 4.74 Å². The van der Waals surface area contributed by atoms with Gasteiger partial charge in [-0.25, -0.2) is 0 Å². The van der Waals surface area contributed by atoms with Crippen molar-refractivity contribution in [3.8, 4) is 5.75 Å². The van der Waals surface area contributed by atoms with E-state index in [2.05, 4.69) is 55.9 Å². The van der Waals surface area contributed by atoms with Gasteiger partial charge in [-0.15, -0.1) is 0 Å². The maximum atomic E-state index is 10.9. The number of alkyl halides is 1. The first-order valence-electron chi connectivity index (χ1n) is 8.08. The highest BCUT2D eigenvalue weighted by Crippen LogP contribution is 2.47. The SMILES string of the molecule is COc1ccc(C(C[N+](C)(C)C)C2CCCCC2(O)I)cc1. The molecule has 3 unspecified atom stereocenters. The predicted molar refractivity (Wildman–Crippen MR) is 99.6 cm³/mol. The largest absolute Gasteiger partial charge is 0.497 e. The molecule has 0 spiro atoms. The molecule has 0 radical (unpaired) electrons. The summed E-state index contributed by atoms with van der Waals surface area (Å²) in [7, 11) is 8.38. The number of rotatable bonds is 5. The Morgan fingerprint density at radius 3 is 2.41 bits per heavy atom. The van der Waals surface area contributed by atoms with Gasteiger partial charge in [0.05, 0.1) is 34.8 Å². The van der Waals surface area contributed by atoms with E-state index in [0.29, 0.717) is 11.8 Å². The number of hydrogen-bond acceptors (Lipinski definition) is 2. The number of halogens is 1. The summed E-state index contributed by atoms with van der Waals surface area (Å²) in [5, 5.41) is 10.9. The van der Waals surface area contributed by atoms with Crippen molar-refractivity contribution < 1.29 is 14.3 Å². The first-order chi connectivity index (χ1) is 10.2. The van der Waals surface area contributed by atoms with Crippen molar-refractivity contribution in [1.29, 1.82) is 0 Å². The molecule has 1 aromatic rings. The Kier molecular flexibility index (Phi) is 5.78. The molecule has 3 atom stereocenters. The van der Waals surface area contributed by atoms with Crippen LogP contribution in [0.3, 0.4) is 0 Å². The molecular weight excluding hydrogens is 389 g/mol. The average Bonchev–Trinajstić information content (AvgIpc) is 2.44. The molecule has 0 bridgehead atoms. The van der Waals surface area contributed by atoms with Gasteiger partial charge in [-0.1, -0.05) is 18.6 Å². The summed E-state index contributed by atoms with van der Waals surface area (Å²) in [6, 6.07) is 8.40. The number of quaternary nitrogens is 1. The molecule has 1 N–H and O–H groups in total. The van der Waals surface area contributed by atoms with Crippen LogP contribution >= 0.6 is 22.6 Å². The summed E-state index contributed by atoms with van der Waals surface area (Å²) in [4.78, 5) is 0. The van der Waals surface area contributed by atoms with Gasteiger partial charge in [0, 0.05) is 11.8 Å². The molecule has 0 aliphatic heterocycles. The number of benzene rings is 1. The molecule has 3 nitrogen and oxygen atoms in total. The fourth-order valence-electron chi connectivity index (χ4n) is 3.56. The van der Waals surface area contributed by atoms with Crippen LogP contribution in [0.4, 0.5) is 0 Å². The first-order valence-corrected chi connectivity index (χ1v) is 9.16. The molecule has 1 aromatic carbocycles. The third-order valence-corrected chi connectivity index (χ3v) is 5.97. The Balaban J connectivity index is 2.32. The predicted octanol–water partition coefficient (Wildman–Crippen LogP) is 3.80. The topological polar surface area (TPSA) is 29.5 Å². The van der Waals surface area contributed by atoms with Crippen molar-refractivity contribution in [2.45, 2.75) is 35.2 Å². The zero-order valence-corrected chi connectivity index (χ0v) is 16.3. The standard InChI is InChI=1S/C18H29INO2/c1-20(2,3)13-16(14-8-10-15(22-4)11-9-14)17-7-5-6-12-18(17,19)21/h8-11,16-17,21H,5-7,12-13H2,1-4H3/q+1. The van der Waals surface area contributed by atoms with E-state index in [0.717, 1.165) is 36.0 Å². The van der Waals surface area contributed by atoms with E-state index in [1.165, 1.54) is 12.0 Å². The molecule has 22 heavy (non-hydrogen) atoms. The van der Waals surface area contributed by atoms with Crippen LogP contribution in [-0.2, 0) is 0 Å². The van der Waals surface area contributed by atoms with Crippen molar-refractivity contribution in [3.63, 3.8) is 0 Å². The van der Waals surface area contributed by atoms with Gasteiger partial charge in [-0.05, 0) is 59.5 Å². The molecule has 0 amide bonds. The van der Waals surface area contributed by atoms with Crippen LogP contribution in [0.1, 0.15) is 37.2 Å². The van der Waals surface area contributed by atoms with Gasteiger partial charge in [-0.3, -0.25) is 0 Å². The second kappa shape index (κ2) is 7.05. The number of methoxy groups -OCH3 is 1. The Bertz CT molecular complexity index is 479. The van der Waals surface area contributed by atoms with E-state index in [9.17, 15) is 5.11 Å². The molecule has 124 valence electrons. The van der Waals surface area contributed by atoms with Crippen molar-refractivity contribution in [2.75, 3.05) is 34.8 Å². The summed E-state index contributed by atoms with van der Waals surface area (Å²) in [5.74, 6) is 1.57. The zero-order chi connectivity index (χ0) is 16.4. The minimum absolute atomic E-state index is 0.313. The molecule has 2 rings (SSSR count).